The van der Waals surface area contributed by atoms with Gasteiger partial charge in [0.1, 0.15) is 11.8 Å². The quantitative estimate of drug-likeness (QED) is 0.902. The molecule has 1 aromatic rings. The van der Waals surface area contributed by atoms with E-state index in [4.69, 9.17) is 15.7 Å². The Morgan fingerprint density at radius 2 is 2.11 bits per heavy atom. The minimum absolute atomic E-state index is 0.270. The number of halogens is 3. The molecular weight excluding hydrogens is 245 g/mol. The molecule has 0 radical (unpaired) electrons. The molecule has 18 heavy (non-hydrogen) atoms. The van der Waals surface area contributed by atoms with Crippen LogP contribution in [0.3, 0.4) is 0 Å². The Hall–Kier alpha value is -1.74. The van der Waals surface area contributed by atoms with E-state index in [0.29, 0.717) is 12.0 Å². The average molecular weight is 258 g/mol. The fourth-order valence-corrected chi connectivity index (χ4v) is 1.44. The molecule has 0 aromatic heterocycles. The molecule has 0 aliphatic rings. The van der Waals surface area contributed by atoms with Crippen molar-refractivity contribution in [3.63, 3.8) is 0 Å². The summed E-state index contributed by atoms with van der Waals surface area (Å²) in [7, 11) is 0. The number of hydrogen-bond donors (Lipinski definition) is 1. The molecule has 0 amide bonds. The fourth-order valence-electron chi connectivity index (χ4n) is 1.44. The van der Waals surface area contributed by atoms with Gasteiger partial charge in [0.25, 0.3) is 0 Å². The van der Waals surface area contributed by atoms with Gasteiger partial charge in [-0.05, 0) is 37.6 Å². The largest absolute Gasteiger partial charge is 0.475 e. The van der Waals surface area contributed by atoms with Crippen LogP contribution in [-0.2, 0) is 12.6 Å². The Morgan fingerprint density at radius 3 is 2.61 bits per heavy atom. The van der Waals surface area contributed by atoms with Crippen LogP contribution in [0.2, 0.25) is 0 Å². The summed E-state index contributed by atoms with van der Waals surface area (Å²) in [6, 6.07) is 5.47. The maximum Gasteiger partial charge on any atom is 0.419 e. The highest BCUT2D eigenvalue weighted by atomic mass is 19.4. The molecule has 0 aliphatic heterocycles. The van der Waals surface area contributed by atoms with Crippen molar-refractivity contribution in [3.8, 4) is 11.8 Å². The van der Waals surface area contributed by atoms with Gasteiger partial charge in [-0.25, -0.2) is 0 Å². The number of nitrogens with zero attached hydrogens (tertiary/aromatic N) is 1. The van der Waals surface area contributed by atoms with E-state index in [9.17, 15) is 13.2 Å². The number of alkyl halides is 3. The zero-order chi connectivity index (χ0) is 13.8. The van der Waals surface area contributed by atoms with Crippen molar-refractivity contribution in [2.45, 2.75) is 25.6 Å². The molecular formula is C12H13F3N2O. The zero-order valence-corrected chi connectivity index (χ0v) is 9.79. The summed E-state index contributed by atoms with van der Waals surface area (Å²) >= 11 is 0. The van der Waals surface area contributed by atoms with E-state index in [-0.39, 0.29) is 12.3 Å². The molecule has 0 heterocycles. The van der Waals surface area contributed by atoms with Crippen LogP contribution >= 0.6 is 0 Å². The molecule has 0 saturated heterocycles. The number of rotatable bonds is 4. The van der Waals surface area contributed by atoms with E-state index in [2.05, 4.69) is 0 Å². The van der Waals surface area contributed by atoms with Crippen LogP contribution < -0.4 is 10.5 Å². The van der Waals surface area contributed by atoms with Crippen molar-refractivity contribution in [2.24, 2.45) is 5.73 Å². The van der Waals surface area contributed by atoms with E-state index in [1.807, 2.05) is 0 Å². The van der Waals surface area contributed by atoms with Crippen LogP contribution in [0.15, 0.2) is 18.2 Å². The van der Waals surface area contributed by atoms with Gasteiger partial charge in [-0.2, -0.15) is 18.4 Å². The molecule has 1 aromatic carbocycles. The van der Waals surface area contributed by atoms with Crippen molar-refractivity contribution in [1.29, 1.82) is 5.26 Å². The number of nitriles is 1. The lowest BCUT2D eigenvalue weighted by molar-refractivity contribution is -0.139. The van der Waals surface area contributed by atoms with Gasteiger partial charge in [-0.3, -0.25) is 0 Å². The predicted molar refractivity (Wildman–Crippen MR) is 59.9 cm³/mol. The lowest BCUT2D eigenvalue weighted by Crippen LogP contribution is -2.15. The third kappa shape index (κ3) is 3.64. The highest BCUT2D eigenvalue weighted by Crippen LogP contribution is 2.37. The first-order chi connectivity index (χ1) is 8.38. The minimum atomic E-state index is -4.52. The first-order valence-electron chi connectivity index (χ1n) is 5.35. The van der Waals surface area contributed by atoms with Gasteiger partial charge in [-0.1, -0.05) is 6.07 Å². The predicted octanol–water partition coefficient (Wildman–Crippen LogP) is 2.50. The number of ether oxygens (including phenoxy) is 1. The second-order valence-electron chi connectivity index (χ2n) is 3.76. The maximum absolute atomic E-state index is 12.8. The summed E-state index contributed by atoms with van der Waals surface area (Å²) in [5.74, 6) is -0.336. The van der Waals surface area contributed by atoms with Crippen molar-refractivity contribution in [3.05, 3.63) is 29.3 Å². The van der Waals surface area contributed by atoms with E-state index in [1.54, 1.807) is 6.07 Å². The van der Waals surface area contributed by atoms with E-state index in [0.717, 1.165) is 6.07 Å². The third-order valence-corrected chi connectivity index (χ3v) is 2.27. The summed E-state index contributed by atoms with van der Waals surface area (Å²) in [5.41, 5.74) is 4.91. The van der Waals surface area contributed by atoms with Crippen LogP contribution in [0.25, 0.3) is 0 Å². The highest BCUT2D eigenvalue weighted by molar-refractivity contribution is 5.39. The van der Waals surface area contributed by atoms with Gasteiger partial charge in [0.05, 0.1) is 5.56 Å². The standard InChI is InChI=1S/C12H13F3N2O/c1-8(7-17)18-11-3-2-9(4-5-16)6-10(11)12(13,14)15/h2-3,6,8H,4-5,16H2,1H3. The molecule has 0 fully saturated rings. The summed E-state index contributed by atoms with van der Waals surface area (Å²) in [6.07, 6.45) is -5.10. The van der Waals surface area contributed by atoms with Gasteiger partial charge >= 0.3 is 6.18 Å². The second-order valence-corrected chi connectivity index (χ2v) is 3.76. The van der Waals surface area contributed by atoms with Crippen LogP contribution in [0.5, 0.6) is 5.75 Å². The fraction of sp³-hybridized carbons (Fsp3) is 0.417. The van der Waals surface area contributed by atoms with Crippen molar-refractivity contribution < 1.29 is 17.9 Å². The molecule has 6 heteroatoms. The highest BCUT2D eigenvalue weighted by Gasteiger charge is 2.35. The summed E-state index contributed by atoms with van der Waals surface area (Å²) in [6.45, 7) is 1.65. The van der Waals surface area contributed by atoms with Crippen LogP contribution in [0.4, 0.5) is 13.2 Å². The molecule has 1 unspecified atom stereocenters. The molecule has 0 spiro atoms. The Morgan fingerprint density at radius 1 is 1.44 bits per heavy atom. The second kappa shape index (κ2) is 5.74. The molecule has 1 atom stereocenters. The Bertz CT molecular complexity index is 452. The lowest BCUT2D eigenvalue weighted by atomic mass is 10.1. The first kappa shape index (κ1) is 14.3. The van der Waals surface area contributed by atoms with E-state index < -0.39 is 17.8 Å². The molecule has 3 nitrogen and oxygen atoms in total. The minimum Gasteiger partial charge on any atom is -0.475 e. The molecule has 0 bridgehead atoms. The van der Waals surface area contributed by atoms with Crippen molar-refractivity contribution in [2.75, 3.05) is 6.54 Å². The maximum atomic E-state index is 12.8. The van der Waals surface area contributed by atoms with Crippen molar-refractivity contribution in [1.82, 2.24) is 0 Å². The Balaban J connectivity index is 3.14. The van der Waals surface area contributed by atoms with E-state index >= 15 is 0 Å². The zero-order valence-electron chi connectivity index (χ0n) is 9.79. The summed E-state index contributed by atoms with van der Waals surface area (Å²) < 4.78 is 43.4. The first-order valence-corrected chi connectivity index (χ1v) is 5.35. The Labute approximate surface area is 103 Å². The van der Waals surface area contributed by atoms with Crippen LogP contribution in [0, 0.1) is 11.3 Å². The van der Waals surface area contributed by atoms with E-state index in [1.165, 1.54) is 19.1 Å². The summed E-state index contributed by atoms with van der Waals surface area (Å²) in [5, 5.41) is 8.56. The average Bonchev–Trinajstić information content (AvgIpc) is 2.30. The molecule has 0 saturated carbocycles. The lowest BCUT2D eigenvalue weighted by Gasteiger charge is -2.16. The molecule has 1 rings (SSSR count). The van der Waals surface area contributed by atoms with Gasteiger partial charge in [0.15, 0.2) is 6.10 Å². The molecule has 2 N–H and O–H groups in total. The van der Waals surface area contributed by atoms with Gasteiger partial charge < -0.3 is 10.5 Å². The summed E-state index contributed by atoms with van der Waals surface area (Å²) in [4.78, 5) is 0. The number of nitrogens with two attached hydrogens (primary N) is 1. The smallest absolute Gasteiger partial charge is 0.419 e. The number of benzene rings is 1. The molecule has 0 aliphatic carbocycles. The van der Waals surface area contributed by atoms with Gasteiger partial charge in [0, 0.05) is 0 Å². The van der Waals surface area contributed by atoms with Gasteiger partial charge in [0.2, 0.25) is 0 Å². The van der Waals surface area contributed by atoms with Crippen LogP contribution in [-0.4, -0.2) is 12.6 Å². The number of hydrogen-bond acceptors (Lipinski definition) is 3. The Kier molecular flexibility index (Phi) is 4.56. The third-order valence-electron chi connectivity index (χ3n) is 2.27. The van der Waals surface area contributed by atoms with Crippen molar-refractivity contribution >= 4 is 0 Å². The topological polar surface area (TPSA) is 59.0 Å². The monoisotopic (exact) mass is 258 g/mol. The SMILES string of the molecule is CC(C#N)Oc1ccc(CCN)cc1C(F)(F)F. The van der Waals surface area contributed by atoms with Crippen LogP contribution in [0.1, 0.15) is 18.1 Å². The normalized spacial score (nSPS) is 12.9. The molecule has 98 valence electrons. The van der Waals surface area contributed by atoms with Gasteiger partial charge in [-0.15, -0.1) is 0 Å².